The smallest absolute Gasteiger partial charge is 0.0589 e. The first-order chi connectivity index (χ1) is 9.36. The Morgan fingerprint density at radius 1 is 1.21 bits per heavy atom. The number of fused-ring (bicyclic) bond motifs is 2. The summed E-state index contributed by atoms with van der Waals surface area (Å²) < 4.78 is 5.34. The van der Waals surface area contributed by atoms with Crippen LogP contribution in [0.5, 0.6) is 0 Å². The molecule has 3 heteroatoms. The molecule has 110 valence electrons. The van der Waals surface area contributed by atoms with Gasteiger partial charge >= 0.3 is 0 Å². The molecule has 0 radical (unpaired) electrons. The van der Waals surface area contributed by atoms with Crippen molar-refractivity contribution >= 4 is 0 Å². The van der Waals surface area contributed by atoms with Gasteiger partial charge in [0.05, 0.1) is 6.61 Å². The minimum absolute atomic E-state index is 0.865. The van der Waals surface area contributed by atoms with Crippen molar-refractivity contribution in [2.45, 2.75) is 44.6 Å². The topological polar surface area (TPSA) is 24.5 Å². The molecule has 1 N–H and O–H groups in total. The molecule has 3 fully saturated rings. The highest BCUT2D eigenvalue weighted by Gasteiger charge is 2.42. The first kappa shape index (κ1) is 13.8. The Morgan fingerprint density at radius 2 is 2.16 bits per heavy atom. The SMILES string of the molecule is COCCN(CC1CCCNC1)C1CC2CCC1C2. The highest BCUT2D eigenvalue weighted by atomic mass is 16.5. The van der Waals surface area contributed by atoms with Crippen LogP contribution in [0.3, 0.4) is 0 Å². The molecule has 0 spiro atoms. The van der Waals surface area contributed by atoms with Gasteiger partial charge in [0, 0.05) is 26.2 Å². The Hall–Kier alpha value is -0.120. The van der Waals surface area contributed by atoms with Gasteiger partial charge in [0.25, 0.3) is 0 Å². The number of nitrogens with one attached hydrogen (secondary N) is 1. The molecule has 0 aromatic rings. The molecule has 1 saturated heterocycles. The molecule has 3 rings (SSSR count). The average molecular weight is 266 g/mol. The van der Waals surface area contributed by atoms with Crippen molar-refractivity contribution < 1.29 is 4.74 Å². The van der Waals surface area contributed by atoms with Gasteiger partial charge in [-0.15, -0.1) is 0 Å². The number of methoxy groups -OCH3 is 1. The summed E-state index contributed by atoms with van der Waals surface area (Å²) >= 11 is 0. The van der Waals surface area contributed by atoms with E-state index >= 15 is 0 Å². The summed E-state index contributed by atoms with van der Waals surface area (Å²) in [5.74, 6) is 2.91. The zero-order valence-corrected chi connectivity index (χ0v) is 12.4. The predicted molar refractivity (Wildman–Crippen MR) is 78.3 cm³/mol. The summed E-state index contributed by atoms with van der Waals surface area (Å²) in [5.41, 5.74) is 0. The van der Waals surface area contributed by atoms with Crippen molar-refractivity contribution in [3.05, 3.63) is 0 Å². The Labute approximate surface area is 118 Å². The van der Waals surface area contributed by atoms with Crippen LogP contribution in [-0.2, 0) is 4.74 Å². The summed E-state index contributed by atoms with van der Waals surface area (Å²) in [4.78, 5) is 2.78. The van der Waals surface area contributed by atoms with Crippen LogP contribution in [0.15, 0.2) is 0 Å². The van der Waals surface area contributed by atoms with Crippen LogP contribution >= 0.6 is 0 Å². The van der Waals surface area contributed by atoms with Gasteiger partial charge in [-0.1, -0.05) is 6.42 Å². The van der Waals surface area contributed by atoms with Crippen LogP contribution in [0.1, 0.15) is 38.5 Å². The van der Waals surface area contributed by atoms with E-state index in [0.29, 0.717) is 0 Å². The summed E-state index contributed by atoms with van der Waals surface area (Å²) in [7, 11) is 1.83. The summed E-state index contributed by atoms with van der Waals surface area (Å²) in [6, 6.07) is 0.871. The van der Waals surface area contributed by atoms with Gasteiger partial charge in [0.1, 0.15) is 0 Å². The molecule has 2 saturated carbocycles. The molecule has 0 amide bonds. The number of nitrogens with zero attached hydrogens (tertiary/aromatic N) is 1. The van der Waals surface area contributed by atoms with Gasteiger partial charge in [-0.3, -0.25) is 4.90 Å². The minimum atomic E-state index is 0.865. The van der Waals surface area contributed by atoms with Gasteiger partial charge in [-0.05, 0) is 62.9 Å². The molecular formula is C16H30N2O. The molecule has 0 aromatic carbocycles. The quantitative estimate of drug-likeness (QED) is 0.797. The van der Waals surface area contributed by atoms with Crippen LogP contribution in [-0.4, -0.2) is 50.8 Å². The third kappa shape index (κ3) is 3.32. The summed E-state index contributed by atoms with van der Waals surface area (Å²) in [6.45, 7) is 5.78. The largest absolute Gasteiger partial charge is 0.383 e. The fourth-order valence-corrected chi connectivity index (χ4v) is 4.67. The molecule has 4 unspecified atom stereocenters. The van der Waals surface area contributed by atoms with E-state index in [1.54, 1.807) is 0 Å². The monoisotopic (exact) mass is 266 g/mol. The lowest BCUT2D eigenvalue weighted by Gasteiger charge is -2.38. The molecular weight excluding hydrogens is 236 g/mol. The van der Waals surface area contributed by atoms with Crippen LogP contribution in [0, 0.1) is 17.8 Å². The Kier molecular flexibility index (Phi) is 4.78. The van der Waals surface area contributed by atoms with Crippen molar-refractivity contribution in [2.24, 2.45) is 17.8 Å². The maximum atomic E-state index is 5.34. The standard InChI is InChI=1S/C16H30N2O/c1-19-8-7-18(12-14-3-2-6-17-11-14)16-10-13-4-5-15(16)9-13/h13-17H,2-12H2,1H3. The molecule has 4 atom stereocenters. The number of hydrogen-bond donors (Lipinski definition) is 1. The Balaban J connectivity index is 1.56. The van der Waals surface area contributed by atoms with E-state index in [1.807, 2.05) is 7.11 Å². The van der Waals surface area contributed by atoms with Gasteiger partial charge in [-0.25, -0.2) is 0 Å². The average Bonchev–Trinajstić information content (AvgIpc) is 3.07. The highest BCUT2D eigenvalue weighted by molar-refractivity contribution is 4.96. The van der Waals surface area contributed by atoms with E-state index in [0.717, 1.165) is 36.9 Å². The maximum absolute atomic E-state index is 5.34. The van der Waals surface area contributed by atoms with Gasteiger partial charge < -0.3 is 10.1 Å². The number of hydrogen-bond acceptors (Lipinski definition) is 3. The van der Waals surface area contributed by atoms with Crippen LogP contribution < -0.4 is 5.32 Å². The van der Waals surface area contributed by atoms with Crippen LogP contribution in [0.2, 0.25) is 0 Å². The van der Waals surface area contributed by atoms with Crippen molar-refractivity contribution in [3.8, 4) is 0 Å². The fourth-order valence-electron chi connectivity index (χ4n) is 4.67. The number of ether oxygens (including phenoxy) is 1. The molecule has 1 heterocycles. The van der Waals surface area contributed by atoms with E-state index in [-0.39, 0.29) is 0 Å². The third-order valence-corrected chi connectivity index (χ3v) is 5.64. The van der Waals surface area contributed by atoms with Crippen molar-refractivity contribution in [1.29, 1.82) is 0 Å². The van der Waals surface area contributed by atoms with E-state index in [9.17, 15) is 0 Å². The van der Waals surface area contributed by atoms with E-state index in [4.69, 9.17) is 4.74 Å². The maximum Gasteiger partial charge on any atom is 0.0589 e. The zero-order chi connectivity index (χ0) is 13.1. The van der Waals surface area contributed by atoms with Gasteiger partial charge in [-0.2, -0.15) is 0 Å². The lowest BCUT2D eigenvalue weighted by molar-refractivity contribution is 0.0766. The normalized spacial score (nSPS) is 38.2. The Bertz CT molecular complexity index is 278. The second kappa shape index (κ2) is 6.55. The van der Waals surface area contributed by atoms with Gasteiger partial charge in [0.2, 0.25) is 0 Å². The lowest BCUT2D eigenvalue weighted by atomic mass is 9.92. The second-order valence-electron chi connectivity index (χ2n) is 6.94. The first-order valence-corrected chi connectivity index (χ1v) is 8.30. The third-order valence-electron chi connectivity index (χ3n) is 5.64. The van der Waals surface area contributed by atoms with Crippen molar-refractivity contribution in [1.82, 2.24) is 10.2 Å². The first-order valence-electron chi connectivity index (χ1n) is 8.30. The predicted octanol–water partition coefficient (Wildman–Crippen LogP) is 2.12. The lowest BCUT2D eigenvalue weighted by Crippen LogP contribution is -2.46. The number of piperidine rings is 1. The Morgan fingerprint density at radius 3 is 2.79 bits per heavy atom. The highest BCUT2D eigenvalue weighted by Crippen LogP contribution is 2.46. The number of rotatable bonds is 6. The van der Waals surface area contributed by atoms with Gasteiger partial charge in [0.15, 0.2) is 0 Å². The summed E-state index contributed by atoms with van der Waals surface area (Å²) in [6.07, 6.45) is 8.74. The summed E-state index contributed by atoms with van der Waals surface area (Å²) in [5, 5.41) is 3.56. The van der Waals surface area contributed by atoms with E-state index in [2.05, 4.69) is 10.2 Å². The van der Waals surface area contributed by atoms with Crippen LogP contribution in [0.4, 0.5) is 0 Å². The molecule has 19 heavy (non-hydrogen) atoms. The van der Waals surface area contributed by atoms with E-state index in [1.165, 1.54) is 58.2 Å². The van der Waals surface area contributed by atoms with E-state index < -0.39 is 0 Å². The molecule has 2 bridgehead atoms. The van der Waals surface area contributed by atoms with Crippen LogP contribution in [0.25, 0.3) is 0 Å². The minimum Gasteiger partial charge on any atom is -0.383 e. The molecule has 3 aliphatic rings. The molecule has 1 aliphatic heterocycles. The molecule has 3 nitrogen and oxygen atoms in total. The zero-order valence-electron chi connectivity index (χ0n) is 12.4. The molecule has 2 aliphatic carbocycles. The van der Waals surface area contributed by atoms with Crippen molar-refractivity contribution in [3.63, 3.8) is 0 Å². The second-order valence-corrected chi connectivity index (χ2v) is 6.94. The van der Waals surface area contributed by atoms with Crippen molar-refractivity contribution in [2.75, 3.05) is 39.9 Å². The fraction of sp³-hybridized carbons (Fsp3) is 1.00. The molecule has 0 aromatic heterocycles.